The fourth-order valence-electron chi connectivity index (χ4n) is 1.07. The summed E-state index contributed by atoms with van der Waals surface area (Å²) in [6.07, 6.45) is 0.697. The Balaban J connectivity index is 2.53. The molecule has 0 aromatic heterocycles. The fourth-order valence-corrected chi connectivity index (χ4v) is 1.07. The highest BCUT2D eigenvalue weighted by Gasteiger charge is 1.98. The van der Waals surface area contributed by atoms with Crippen LogP contribution in [0.3, 0.4) is 0 Å². The van der Waals surface area contributed by atoms with Gasteiger partial charge in [-0.05, 0) is 31.0 Å². The van der Waals surface area contributed by atoms with Crippen molar-refractivity contribution in [2.75, 3.05) is 6.61 Å². The van der Waals surface area contributed by atoms with Crippen LogP contribution in [0.4, 0.5) is 0 Å². The minimum atomic E-state index is 0.344. The molecule has 0 unspecified atom stereocenters. The lowest BCUT2D eigenvalue weighted by molar-refractivity contribution is 0.305. The highest BCUT2D eigenvalue weighted by atomic mass is 16.5. The molecular formula is C11H15NO2. The van der Waals surface area contributed by atoms with Gasteiger partial charge in [-0.2, -0.15) is 0 Å². The maximum absolute atomic E-state index is 8.57. The number of aryl methyl sites for hydroxylation is 1. The Hall–Kier alpha value is -1.51. The molecule has 76 valence electrons. The van der Waals surface area contributed by atoms with Crippen LogP contribution >= 0.6 is 0 Å². The number of benzene rings is 1. The summed E-state index contributed by atoms with van der Waals surface area (Å²) in [6, 6.07) is 7.78. The van der Waals surface area contributed by atoms with Gasteiger partial charge in [-0.3, -0.25) is 0 Å². The van der Waals surface area contributed by atoms with Gasteiger partial charge in [0.15, 0.2) is 0 Å². The highest BCUT2D eigenvalue weighted by Crippen LogP contribution is 2.12. The van der Waals surface area contributed by atoms with Crippen molar-refractivity contribution in [2.45, 2.75) is 20.3 Å². The second kappa shape index (κ2) is 5.27. The van der Waals surface area contributed by atoms with Gasteiger partial charge in [0.05, 0.1) is 5.71 Å². The first-order valence-electron chi connectivity index (χ1n) is 4.65. The Kier molecular flexibility index (Phi) is 3.98. The molecule has 0 bridgehead atoms. The van der Waals surface area contributed by atoms with Gasteiger partial charge in [-0.1, -0.05) is 24.2 Å². The van der Waals surface area contributed by atoms with Crippen molar-refractivity contribution in [3.8, 4) is 5.75 Å². The van der Waals surface area contributed by atoms with E-state index in [1.165, 1.54) is 0 Å². The van der Waals surface area contributed by atoms with Gasteiger partial charge in [-0.15, -0.1) is 0 Å². The summed E-state index contributed by atoms with van der Waals surface area (Å²) in [7, 11) is 0. The number of ether oxygens (including phenoxy) is 1. The largest absolute Gasteiger partial charge is 0.488 e. The topological polar surface area (TPSA) is 41.8 Å². The van der Waals surface area contributed by atoms with Gasteiger partial charge >= 0.3 is 0 Å². The van der Waals surface area contributed by atoms with E-state index < -0.39 is 0 Å². The number of oxime groups is 1. The summed E-state index contributed by atoms with van der Waals surface area (Å²) in [5.41, 5.74) is 1.80. The van der Waals surface area contributed by atoms with E-state index in [1.807, 2.05) is 38.1 Å². The summed E-state index contributed by atoms with van der Waals surface area (Å²) >= 11 is 0. The van der Waals surface area contributed by atoms with Crippen LogP contribution in [0.5, 0.6) is 5.75 Å². The van der Waals surface area contributed by atoms with Crippen molar-refractivity contribution in [3.05, 3.63) is 29.8 Å². The molecule has 0 aliphatic carbocycles. The first-order chi connectivity index (χ1) is 6.76. The predicted octanol–water partition coefficient (Wildman–Crippen LogP) is 2.61. The highest BCUT2D eigenvalue weighted by molar-refractivity contribution is 5.85. The van der Waals surface area contributed by atoms with E-state index in [9.17, 15) is 0 Å². The van der Waals surface area contributed by atoms with Crippen LogP contribution in [0.2, 0.25) is 0 Å². The standard InChI is InChI=1S/C11H15NO2/c1-3-10(12-13)8-14-11-6-4-5-9(2)7-11/h4-7,13H,3,8H2,1-2H3/b12-10+. The van der Waals surface area contributed by atoms with Crippen LogP contribution in [0.25, 0.3) is 0 Å². The maximum Gasteiger partial charge on any atom is 0.130 e. The van der Waals surface area contributed by atoms with Crippen molar-refractivity contribution in [2.24, 2.45) is 5.16 Å². The van der Waals surface area contributed by atoms with Crippen LogP contribution in [0.1, 0.15) is 18.9 Å². The summed E-state index contributed by atoms with van der Waals surface area (Å²) in [4.78, 5) is 0. The molecule has 0 spiro atoms. The Morgan fingerprint density at radius 1 is 1.50 bits per heavy atom. The van der Waals surface area contributed by atoms with E-state index in [4.69, 9.17) is 9.94 Å². The minimum absolute atomic E-state index is 0.344. The molecule has 1 N–H and O–H groups in total. The smallest absolute Gasteiger partial charge is 0.130 e. The Morgan fingerprint density at radius 2 is 2.29 bits per heavy atom. The third kappa shape index (κ3) is 3.09. The first kappa shape index (κ1) is 10.6. The van der Waals surface area contributed by atoms with E-state index in [-0.39, 0.29) is 0 Å². The molecule has 0 saturated carbocycles. The molecule has 1 rings (SSSR count). The molecule has 3 nitrogen and oxygen atoms in total. The Labute approximate surface area is 84.0 Å². The summed E-state index contributed by atoms with van der Waals surface area (Å²) in [5.74, 6) is 0.805. The van der Waals surface area contributed by atoms with Crippen LogP contribution < -0.4 is 4.74 Å². The van der Waals surface area contributed by atoms with E-state index in [2.05, 4.69) is 5.16 Å². The maximum atomic E-state index is 8.57. The lowest BCUT2D eigenvalue weighted by atomic mass is 10.2. The van der Waals surface area contributed by atoms with Crippen LogP contribution in [0, 0.1) is 6.92 Å². The lowest BCUT2D eigenvalue weighted by Gasteiger charge is -2.06. The molecule has 14 heavy (non-hydrogen) atoms. The second-order valence-corrected chi connectivity index (χ2v) is 3.12. The molecule has 1 aromatic rings. The predicted molar refractivity (Wildman–Crippen MR) is 56.2 cm³/mol. The van der Waals surface area contributed by atoms with Crippen LogP contribution in [-0.2, 0) is 0 Å². The molecule has 0 aliphatic heterocycles. The molecule has 0 radical (unpaired) electrons. The van der Waals surface area contributed by atoms with E-state index in [0.29, 0.717) is 18.7 Å². The molecule has 3 heteroatoms. The Morgan fingerprint density at radius 3 is 2.86 bits per heavy atom. The van der Waals surface area contributed by atoms with Gasteiger partial charge < -0.3 is 9.94 Å². The number of nitrogens with zero attached hydrogens (tertiary/aromatic N) is 1. The summed E-state index contributed by atoms with van der Waals surface area (Å²) in [5, 5.41) is 11.7. The number of hydrogen-bond donors (Lipinski definition) is 1. The number of rotatable bonds is 4. The zero-order chi connectivity index (χ0) is 10.4. The SMILES string of the molecule is CC/C(COc1cccc(C)c1)=N\O. The Bertz CT molecular complexity index is 321. The average Bonchev–Trinajstić information content (AvgIpc) is 2.19. The van der Waals surface area contributed by atoms with Crippen LogP contribution in [0.15, 0.2) is 29.4 Å². The quantitative estimate of drug-likeness (QED) is 0.453. The van der Waals surface area contributed by atoms with Crippen molar-refractivity contribution in [1.29, 1.82) is 0 Å². The molecule has 0 saturated heterocycles. The molecule has 0 fully saturated rings. The van der Waals surface area contributed by atoms with Gasteiger partial charge in [0.25, 0.3) is 0 Å². The fraction of sp³-hybridized carbons (Fsp3) is 0.364. The third-order valence-corrected chi connectivity index (χ3v) is 1.94. The van der Waals surface area contributed by atoms with Crippen molar-refractivity contribution in [1.82, 2.24) is 0 Å². The average molecular weight is 193 g/mol. The lowest BCUT2D eigenvalue weighted by Crippen LogP contribution is -2.10. The molecular weight excluding hydrogens is 178 g/mol. The monoisotopic (exact) mass is 193 g/mol. The third-order valence-electron chi connectivity index (χ3n) is 1.94. The van der Waals surface area contributed by atoms with E-state index >= 15 is 0 Å². The summed E-state index contributed by atoms with van der Waals surface area (Å²) < 4.78 is 5.44. The van der Waals surface area contributed by atoms with E-state index in [1.54, 1.807) is 0 Å². The second-order valence-electron chi connectivity index (χ2n) is 3.12. The zero-order valence-corrected chi connectivity index (χ0v) is 8.53. The zero-order valence-electron chi connectivity index (χ0n) is 8.53. The molecule has 0 atom stereocenters. The van der Waals surface area contributed by atoms with Crippen molar-refractivity contribution in [3.63, 3.8) is 0 Å². The van der Waals surface area contributed by atoms with Crippen molar-refractivity contribution < 1.29 is 9.94 Å². The molecule has 0 aliphatic rings. The first-order valence-corrected chi connectivity index (χ1v) is 4.65. The van der Waals surface area contributed by atoms with Gasteiger partial charge in [-0.25, -0.2) is 0 Å². The normalized spacial score (nSPS) is 11.4. The van der Waals surface area contributed by atoms with Crippen LogP contribution in [-0.4, -0.2) is 17.5 Å². The minimum Gasteiger partial charge on any atom is -0.488 e. The number of hydrogen-bond acceptors (Lipinski definition) is 3. The molecule has 0 heterocycles. The van der Waals surface area contributed by atoms with Gasteiger partial charge in [0.2, 0.25) is 0 Å². The van der Waals surface area contributed by atoms with Crippen molar-refractivity contribution >= 4 is 5.71 Å². The molecule has 0 amide bonds. The molecule has 1 aromatic carbocycles. The van der Waals surface area contributed by atoms with Gasteiger partial charge in [0, 0.05) is 0 Å². The summed E-state index contributed by atoms with van der Waals surface area (Å²) in [6.45, 7) is 4.28. The van der Waals surface area contributed by atoms with Gasteiger partial charge in [0.1, 0.15) is 12.4 Å². The van der Waals surface area contributed by atoms with E-state index in [0.717, 1.165) is 11.3 Å².